The van der Waals surface area contributed by atoms with Crippen LogP contribution in [0.2, 0.25) is 0 Å². The third kappa shape index (κ3) is 6.50. The van der Waals surface area contributed by atoms with Crippen LogP contribution in [0.3, 0.4) is 0 Å². The lowest BCUT2D eigenvalue weighted by Crippen LogP contribution is -2.48. The summed E-state index contributed by atoms with van der Waals surface area (Å²) in [5.74, 6) is -1.43. The lowest BCUT2D eigenvalue weighted by Gasteiger charge is -2.35. The molecule has 3 aromatic carbocycles. The zero-order valence-electron chi connectivity index (χ0n) is 21.9. The molecule has 2 saturated heterocycles. The van der Waals surface area contributed by atoms with E-state index in [0.29, 0.717) is 31.7 Å². The third-order valence-electron chi connectivity index (χ3n) is 6.76. The van der Waals surface area contributed by atoms with E-state index in [0.717, 1.165) is 22.3 Å². The zero-order valence-corrected chi connectivity index (χ0v) is 23.5. The number of amides is 3. The Morgan fingerprint density at radius 2 is 1.63 bits per heavy atom. The lowest BCUT2D eigenvalue weighted by atomic mass is 10.2. The highest BCUT2D eigenvalue weighted by Crippen LogP contribution is 2.32. The summed E-state index contributed by atoms with van der Waals surface area (Å²) in [7, 11) is -3.81. The summed E-state index contributed by atoms with van der Waals surface area (Å²) in [5.41, 5.74) is 1.77. The molecule has 0 spiro atoms. The molecule has 3 aromatic rings. The summed E-state index contributed by atoms with van der Waals surface area (Å²) in [6.07, 6.45) is 1.51. The van der Waals surface area contributed by atoms with Gasteiger partial charge in [-0.25, -0.2) is 12.8 Å². The molecule has 0 aromatic heterocycles. The van der Waals surface area contributed by atoms with E-state index in [-0.39, 0.29) is 28.5 Å². The first-order valence-corrected chi connectivity index (χ1v) is 15.2. The summed E-state index contributed by atoms with van der Waals surface area (Å²) in [6.45, 7) is 1.68. The van der Waals surface area contributed by atoms with Gasteiger partial charge in [-0.05, 0) is 65.9 Å². The lowest BCUT2D eigenvalue weighted by molar-refractivity contribution is -0.122. The number of benzene rings is 3. The molecule has 0 unspecified atom stereocenters. The fourth-order valence-corrected chi connectivity index (χ4v) is 6.89. The van der Waals surface area contributed by atoms with Crippen LogP contribution in [-0.4, -0.2) is 73.9 Å². The summed E-state index contributed by atoms with van der Waals surface area (Å²) in [5, 5.41) is 2.18. The van der Waals surface area contributed by atoms with Gasteiger partial charge >= 0.3 is 0 Å². The summed E-state index contributed by atoms with van der Waals surface area (Å²) < 4.78 is 41.2. The minimum Gasteiger partial charge on any atom is -0.369 e. The number of carbonyl (C=O) groups excluding carboxylic acids is 3. The number of nitrogens with one attached hydrogen (secondary N) is 1. The highest BCUT2D eigenvalue weighted by Gasteiger charge is 2.35. The Bertz CT molecular complexity index is 1590. The molecule has 212 valence electrons. The Morgan fingerprint density at radius 3 is 2.34 bits per heavy atom. The average Bonchev–Trinajstić information content (AvgIpc) is 3.26. The van der Waals surface area contributed by atoms with Gasteiger partial charge in [0.2, 0.25) is 10.0 Å². The summed E-state index contributed by atoms with van der Waals surface area (Å²) in [4.78, 5) is 41.3. The number of sulfonamides is 1. The fourth-order valence-electron chi connectivity index (χ4n) is 4.56. The monoisotopic (exact) mass is 594 g/mol. The number of imide groups is 1. The van der Waals surface area contributed by atoms with Crippen molar-refractivity contribution in [2.24, 2.45) is 0 Å². The van der Waals surface area contributed by atoms with Crippen LogP contribution < -0.4 is 10.2 Å². The molecule has 5 rings (SSSR count). The van der Waals surface area contributed by atoms with E-state index in [2.05, 4.69) is 10.2 Å². The molecule has 0 radical (unpaired) electrons. The molecule has 0 bridgehead atoms. The van der Waals surface area contributed by atoms with Gasteiger partial charge in [0, 0.05) is 50.5 Å². The van der Waals surface area contributed by atoms with Gasteiger partial charge in [-0.2, -0.15) is 4.31 Å². The Labute approximate surface area is 241 Å². The smallest absolute Gasteiger partial charge is 0.293 e. The molecule has 1 N–H and O–H groups in total. The molecule has 3 amide bonds. The molecule has 12 heteroatoms. The van der Waals surface area contributed by atoms with Crippen LogP contribution >= 0.6 is 11.8 Å². The van der Waals surface area contributed by atoms with Gasteiger partial charge in [0.15, 0.2) is 0 Å². The second-order valence-corrected chi connectivity index (χ2v) is 12.3. The average molecular weight is 595 g/mol. The van der Waals surface area contributed by atoms with Gasteiger partial charge in [-0.3, -0.25) is 19.3 Å². The number of carbonyl (C=O) groups is 3. The van der Waals surface area contributed by atoms with Crippen LogP contribution in [0.5, 0.6) is 0 Å². The Balaban J connectivity index is 1.17. The second-order valence-electron chi connectivity index (χ2n) is 9.40. The SMILES string of the molecule is O=C(NCCN1C(=O)S/C(=C\c2ccc(F)cc2)C1=O)c1cccc(S(=O)(=O)N2CCN(c3ccccc3)CC2)c1. The van der Waals surface area contributed by atoms with Crippen LogP contribution in [0.4, 0.5) is 14.9 Å². The van der Waals surface area contributed by atoms with Gasteiger partial charge in [0.25, 0.3) is 17.1 Å². The Hall–Kier alpha value is -4.00. The van der Waals surface area contributed by atoms with Crippen molar-refractivity contribution < 1.29 is 27.2 Å². The number of para-hydroxylation sites is 1. The zero-order chi connectivity index (χ0) is 29.0. The minimum atomic E-state index is -3.81. The van der Waals surface area contributed by atoms with E-state index in [1.165, 1.54) is 58.9 Å². The molecule has 0 aliphatic carbocycles. The molecule has 2 heterocycles. The molecule has 0 saturated carbocycles. The maximum Gasteiger partial charge on any atom is 0.293 e. The van der Waals surface area contributed by atoms with Crippen molar-refractivity contribution in [1.82, 2.24) is 14.5 Å². The number of thioether (sulfide) groups is 1. The van der Waals surface area contributed by atoms with E-state index in [1.54, 1.807) is 0 Å². The highest BCUT2D eigenvalue weighted by molar-refractivity contribution is 8.18. The standard InChI is InChI=1S/C29H27FN4O5S2/c30-23-11-9-21(10-12-23)19-26-28(36)34(29(37)40-26)14-13-31-27(35)22-5-4-8-25(20-22)41(38,39)33-17-15-32(16-18-33)24-6-2-1-3-7-24/h1-12,19-20H,13-18H2,(H,31,35)/b26-19-. The highest BCUT2D eigenvalue weighted by atomic mass is 32.2. The van der Waals surface area contributed by atoms with E-state index in [1.807, 2.05) is 30.3 Å². The third-order valence-corrected chi connectivity index (χ3v) is 9.56. The fraction of sp³-hybridized carbons (Fsp3) is 0.207. The number of hydrogen-bond acceptors (Lipinski definition) is 7. The van der Waals surface area contributed by atoms with Gasteiger partial charge in [-0.1, -0.05) is 36.4 Å². The number of nitrogens with zero attached hydrogens (tertiary/aromatic N) is 3. The largest absolute Gasteiger partial charge is 0.369 e. The maximum atomic E-state index is 13.3. The molecule has 9 nitrogen and oxygen atoms in total. The molecule has 41 heavy (non-hydrogen) atoms. The van der Waals surface area contributed by atoms with Gasteiger partial charge in [0.1, 0.15) is 5.82 Å². The second kappa shape index (κ2) is 12.2. The minimum absolute atomic E-state index is 0.0148. The predicted molar refractivity (Wildman–Crippen MR) is 155 cm³/mol. The number of hydrogen-bond donors (Lipinski definition) is 1. The first kappa shape index (κ1) is 28.5. The van der Waals surface area contributed by atoms with Gasteiger partial charge < -0.3 is 10.2 Å². The number of piperazine rings is 1. The normalized spacial score (nSPS) is 17.3. The van der Waals surface area contributed by atoms with Crippen molar-refractivity contribution in [1.29, 1.82) is 0 Å². The summed E-state index contributed by atoms with van der Waals surface area (Å²) in [6, 6.07) is 21.1. The van der Waals surface area contributed by atoms with Crippen LogP contribution in [0.15, 0.2) is 88.7 Å². The van der Waals surface area contributed by atoms with E-state index >= 15 is 0 Å². The van der Waals surface area contributed by atoms with Crippen molar-refractivity contribution in [3.63, 3.8) is 0 Å². The maximum absolute atomic E-state index is 13.3. The van der Waals surface area contributed by atoms with Crippen molar-refractivity contribution in [2.75, 3.05) is 44.2 Å². The van der Waals surface area contributed by atoms with Gasteiger partial charge in [-0.15, -0.1) is 0 Å². The number of anilines is 1. The van der Waals surface area contributed by atoms with Gasteiger partial charge in [0.05, 0.1) is 9.80 Å². The van der Waals surface area contributed by atoms with Crippen molar-refractivity contribution in [3.8, 4) is 0 Å². The summed E-state index contributed by atoms with van der Waals surface area (Å²) >= 11 is 0.771. The molecule has 2 fully saturated rings. The predicted octanol–water partition coefficient (Wildman–Crippen LogP) is 3.80. The first-order chi connectivity index (χ1) is 19.7. The number of rotatable bonds is 8. The topological polar surface area (TPSA) is 107 Å². The van der Waals surface area contributed by atoms with Crippen molar-refractivity contribution in [2.45, 2.75) is 4.90 Å². The number of halogens is 1. The molecule has 2 aliphatic rings. The van der Waals surface area contributed by atoms with E-state index in [4.69, 9.17) is 0 Å². The quantitative estimate of drug-likeness (QED) is 0.396. The van der Waals surface area contributed by atoms with Crippen molar-refractivity contribution >= 4 is 50.6 Å². The Kier molecular flexibility index (Phi) is 8.52. The van der Waals surface area contributed by atoms with Crippen molar-refractivity contribution in [3.05, 3.63) is 101 Å². The van der Waals surface area contributed by atoms with Crippen LogP contribution in [-0.2, 0) is 14.8 Å². The Morgan fingerprint density at radius 1 is 0.927 bits per heavy atom. The first-order valence-electron chi connectivity index (χ1n) is 12.9. The van der Waals surface area contributed by atoms with E-state index in [9.17, 15) is 27.2 Å². The van der Waals surface area contributed by atoms with E-state index < -0.39 is 32.9 Å². The van der Waals surface area contributed by atoms with Crippen LogP contribution in [0, 0.1) is 5.82 Å². The molecular weight excluding hydrogens is 567 g/mol. The molecule has 2 aliphatic heterocycles. The molecule has 0 atom stereocenters. The van der Waals surface area contributed by atoms with Crippen LogP contribution in [0.25, 0.3) is 6.08 Å². The van der Waals surface area contributed by atoms with Crippen LogP contribution in [0.1, 0.15) is 15.9 Å². The molecular formula is C29H27FN4O5S2.